The van der Waals surface area contributed by atoms with Crippen LogP contribution < -0.4 is 4.90 Å². The van der Waals surface area contributed by atoms with E-state index in [4.69, 9.17) is 4.98 Å². The lowest BCUT2D eigenvalue weighted by atomic mass is 9.92. The van der Waals surface area contributed by atoms with Crippen LogP contribution in [0.3, 0.4) is 0 Å². The number of aromatic nitrogens is 2. The van der Waals surface area contributed by atoms with Crippen LogP contribution in [0.4, 0.5) is 17.1 Å². The highest BCUT2D eigenvalue weighted by Gasteiger charge is 2.31. The molecular weight excluding hydrogens is 775 g/mol. The molecule has 3 heteroatoms. The van der Waals surface area contributed by atoms with Crippen LogP contribution >= 0.6 is 0 Å². The van der Waals surface area contributed by atoms with Gasteiger partial charge in [0.15, 0.2) is 0 Å². The molecule has 0 unspecified atom stereocenters. The Morgan fingerprint density at radius 1 is 0.297 bits per heavy atom. The molecule has 0 fully saturated rings. The molecular formula is C61H41N3. The van der Waals surface area contributed by atoms with Crippen molar-refractivity contribution < 1.29 is 0 Å². The fourth-order valence-electron chi connectivity index (χ4n) is 9.62. The first-order valence-electron chi connectivity index (χ1n) is 21.9. The average molecular weight is 816 g/mol. The van der Waals surface area contributed by atoms with Gasteiger partial charge in [0.05, 0.1) is 34.0 Å². The van der Waals surface area contributed by atoms with Crippen molar-refractivity contribution in [3.63, 3.8) is 0 Å². The first-order chi connectivity index (χ1) is 31.8. The van der Waals surface area contributed by atoms with E-state index in [9.17, 15) is 0 Å². The lowest BCUT2D eigenvalue weighted by Gasteiger charge is -2.28. The van der Waals surface area contributed by atoms with E-state index in [2.05, 4.69) is 258 Å². The van der Waals surface area contributed by atoms with Gasteiger partial charge in [-0.15, -0.1) is 0 Å². The molecule has 12 rings (SSSR count). The third kappa shape index (κ3) is 6.42. The van der Waals surface area contributed by atoms with E-state index in [0.717, 1.165) is 67.5 Å². The number of rotatable bonds is 7. The van der Waals surface area contributed by atoms with Gasteiger partial charge in [0, 0.05) is 44.6 Å². The van der Waals surface area contributed by atoms with Crippen LogP contribution in [0.25, 0.3) is 94.9 Å². The first-order valence-corrected chi connectivity index (χ1v) is 21.9. The zero-order valence-electron chi connectivity index (χ0n) is 35.0. The summed E-state index contributed by atoms with van der Waals surface area (Å²) < 4.78 is 2.45. The summed E-state index contributed by atoms with van der Waals surface area (Å²) in [7, 11) is 0. The molecule has 0 saturated heterocycles. The van der Waals surface area contributed by atoms with Crippen molar-refractivity contribution in [1.82, 2.24) is 9.55 Å². The van der Waals surface area contributed by atoms with Crippen molar-refractivity contribution in [1.29, 1.82) is 0 Å². The van der Waals surface area contributed by atoms with Crippen molar-refractivity contribution in [2.45, 2.75) is 0 Å². The summed E-state index contributed by atoms with van der Waals surface area (Å²) in [5.41, 5.74) is 21.4. The normalized spacial score (nSPS) is 11.7. The summed E-state index contributed by atoms with van der Waals surface area (Å²) in [5.74, 6) is 0. The van der Waals surface area contributed by atoms with Crippen LogP contribution in [0.2, 0.25) is 0 Å². The van der Waals surface area contributed by atoms with Crippen LogP contribution in [-0.4, -0.2) is 9.55 Å². The van der Waals surface area contributed by atoms with Crippen molar-refractivity contribution in [3.05, 3.63) is 249 Å². The zero-order chi connectivity index (χ0) is 42.4. The number of anilines is 3. The second-order valence-corrected chi connectivity index (χ2v) is 16.3. The standard InChI is InChI=1S/C61H41N3/c1-4-19-42(20-5-1)43-35-37-45(38-36-43)56-41-47(40-55(62-56)44-21-6-2-7-22-44)51-28-11-10-27-50(51)46-23-18-26-49(39-46)63-57-32-15-12-29-52(57)60-53-30-13-16-33-58(53)64(48-24-8-3-9-25-48)61(60)54-31-14-17-34-59(54)63/h1-41H. The quantitative estimate of drug-likeness (QED) is 0.160. The highest BCUT2D eigenvalue weighted by Crippen LogP contribution is 2.54. The minimum Gasteiger partial charge on any atom is -0.309 e. The van der Waals surface area contributed by atoms with Gasteiger partial charge in [-0.1, -0.05) is 194 Å². The smallest absolute Gasteiger partial charge is 0.0715 e. The third-order valence-corrected chi connectivity index (χ3v) is 12.5. The van der Waals surface area contributed by atoms with E-state index in [1.165, 1.54) is 44.4 Å². The highest BCUT2D eigenvalue weighted by molar-refractivity contribution is 6.13. The molecule has 300 valence electrons. The zero-order valence-corrected chi connectivity index (χ0v) is 35.0. The molecule has 1 aliphatic heterocycles. The number of benzene rings is 9. The maximum atomic E-state index is 5.28. The van der Waals surface area contributed by atoms with Gasteiger partial charge < -0.3 is 9.47 Å². The monoisotopic (exact) mass is 815 g/mol. The molecule has 11 aromatic rings. The van der Waals surface area contributed by atoms with E-state index in [1.807, 2.05) is 0 Å². The molecule has 1 aliphatic rings. The predicted octanol–water partition coefficient (Wildman–Crippen LogP) is 16.5. The molecule has 3 heterocycles. The minimum atomic E-state index is 0.934. The van der Waals surface area contributed by atoms with Gasteiger partial charge >= 0.3 is 0 Å². The fourth-order valence-corrected chi connectivity index (χ4v) is 9.62. The molecule has 3 nitrogen and oxygen atoms in total. The van der Waals surface area contributed by atoms with E-state index in [-0.39, 0.29) is 0 Å². The van der Waals surface area contributed by atoms with Gasteiger partial charge in [-0.2, -0.15) is 0 Å². The van der Waals surface area contributed by atoms with Crippen molar-refractivity contribution in [2.75, 3.05) is 4.90 Å². The Kier molecular flexibility index (Phi) is 9.16. The Morgan fingerprint density at radius 3 is 1.47 bits per heavy atom. The van der Waals surface area contributed by atoms with Gasteiger partial charge in [-0.05, 0) is 88.0 Å². The molecule has 0 spiro atoms. The topological polar surface area (TPSA) is 21.1 Å². The second-order valence-electron chi connectivity index (χ2n) is 16.3. The number of fused-ring (bicyclic) bond motifs is 7. The van der Waals surface area contributed by atoms with Gasteiger partial charge in [-0.3, -0.25) is 0 Å². The van der Waals surface area contributed by atoms with Gasteiger partial charge in [0.2, 0.25) is 0 Å². The van der Waals surface area contributed by atoms with Crippen molar-refractivity contribution in [2.24, 2.45) is 0 Å². The summed E-state index contributed by atoms with van der Waals surface area (Å²) in [6, 6.07) is 89.5. The summed E-state index contributed by atoms with van der Waals surface area (Å²) in [6.45, 7) is 0. The Labute approximate surface area is 373 Å². The molecule has 2 aromatic heterocycles. The van der Waals surface area contributed by atoms with Gasteiger partial charge in [0.1, 0.15) is 0 Å². The maximum absolute atomic E-state index is 5.28. The van der Waals surface area contributed by atoms with Crippen LogP contribution in [0.1, 0.15) is 0 Å². The molecule has 0 saturated carbocycles. The predicted molar refractivity (Wildman–Crippen MR) is 267 cm³/mol. The molecule has 0 N–H and O–H groups in total. The summed E-state index contributed by atoms with van der Waals surface area (Å²) in [5, 5.41) is 1.23. The van der Waals surface area contributed by atoms with Crippen LogP contribution in [0, 0.1) is 0 Å². The Balaban J connectivity index is 1.02. The molecule has 0 radical (unpaired) electrons. The Morgan fingerprint density at radius 2 is 0.766 bits per heavy atom. The Bertz CT molecular complexity index is 3480. The van der Waals surface area contributed by atoms with E-state index in [1.54, 1.807) is 0 Å². The first kappa shape index (κ1) is 37.2. The fraction of sp³-hybridized carbons (Fsp3) is 0. The summed E-state index contributed by atoms with van der Waals surface area (Å²) >= 11 is 0. The molecule has 9 aromatic carbocycles. The molecule has 0 aliphatic carbocycles. The van der Waals surface area contributed by atoms with E-state index in [0.29, 0.717) is 0 Å². The van der Waals surface area contributed by atoms with E-state index >= 15 is 0 Å². The van der Waals surface area contributed by atoms with Crippen molar-refractivity contribution in [3.8, 4) is 84.0 Å². The number of nitrogens with zero attached hydrogens (tertiary/aromatic N) is 3. The highest BCUT2D eigenvalue weighted by atomic mass is 15.2. The number of pyridine rings is 1. The SMILES string of the molecule is c1ccc(-c2ccc(-c3cc(-c4ccccc4-c4cccc(N5c6ccccc6-c6c(n(-c7ccccc7)c7ccccc67)-c6ccccc65)c4)cc(-c4ccccc4)n3)cc2)cc1. The van der Waals surface area contributed by atoms with E-state index < -0.39 is 0 Å². The van der Waals surface area contributed by atoms with Gasteiger partial charge in [-0.25, -0.2) is 4.98 Å². The summed E-state index contributed by atoms with van der Waals surface area (Å²) in [4.78, 5) is 7.74. The summed E-state index contributed by atoms with van der Waals surface area (Å²) in [6.07, 6.45) is 0. The number of hydrogen-bond acceptors (Lipinski definition) is 2. The lowest BCUT2D eigenvalue weighted by Crippen LogP contribution is -2.11. The Hall–Kier alpha value is -8.53. The largest absolute Gasteiger partial charge is 0.309 e. The lowest BCUT2D eigenvalue weighted by molar-refractivity contribution is 1.13. The number of para-hydroxylation sites is 4. The van der Waals surface area contributed by atoms with Crippen LogP contribution in [-0.2, 0) is 0 Å². The van der Waals surface area contributed by atoms with Crippen LogP contribution in [0.15, 0.2) is 249 Å². The van der Waals surface area contributed by atoms with Gasteiger partial charge in [0.25, 0.3) is 0 Å². The second kappa shape index (κ2) is 15.7. The average Bonchev–Trinajstić information content (AvgIpc) is 3.66. The third-order valence-electron chi connectivity index (χ3n) is 12.5. The molecule has 0 bridgehead atoms. The van der Waals surface area contributed by atoms with Crippen LogP contribution in [0.5, 0.6) is 0 Å². The molecule has 0 amide bonds. The molecule has 0 atom stereocenters. The maximum Gasteiger partial charge on any atom is 0.0715 e. The minimum absolute atomic E-state index is 0.934. The molecule has 64 heavy (non-hydrogen) atoms. The van der Waals surface area contributed by atoms with Crippen molar-refractivity contribution >= 4 is 28.0 Å². The number of hydrogen-bond donors (Lipinski definition) is 0.